The van der Waals surface area contributed by atoms with Crippen LogP contribution in [-0.2, 0) is 46.9 Å². The molecule has 296 valence electrons. The highest BCUT2D eigenvalue weighted by molar-refractivity contribution is 7.86. The molecule has 0 aromatic heterocycles. The number of fused-ring (bicyclic) bond motifs is 2. The first kappa shape index (κ1) is 40.5. The van der Waals surface area contributed by atoms with Crippen LogP contribution in [0.3, 0.4) is 0 Å². The van der Waals surface area contributed by atoms with Crippen LogP contribution in [-0.4, -0.2) is 72.3 Å². The van der Waals surface area contributed by atoms with Crippen LogP contribution in [0.1, 0.15) is 11.1 Å². The lowest BCUT2D eigenvalue weighted by Gasteiger charge is -2.10. The second-order valence-electron chi connectivity index (χ2n) is 12.0. The third kappa shape index (κ3) is 8.52. The average molecular weight is 861 g/mol. The first-order valence-electron chi connectivity index (χ1n) is 15.4. The zero-order chi connectivity index (χ0) is 41.8. The van der Waals surface area contributed by atoms with E-state index in [2.05, 4.69) is 20.5 Å². The summed E-state index contributed by atoms with van der Waals surface area (Å²) < 4.78 is 132. The third-order valence-corrected chi connectivity index (χ3v) is 11.6. The highest BCUT2D eigenvalue weighted by Crippen LogP contribution is 2.44. The second-order valence-corrected chi connectivity index (χ2v) is 17.7. The van der Waals surface area contributed by atoms with E-state index in [0.717, 1.165) is 48.5 Å². The van der Waals surface area contributed by atoms with Crippen LogP contribution in [0.5, 0.6) is 23.0 Å². The van der Waals surface area contributed by atoms with E-state index in [9.17, 15) is 72.3 Å². The maximum absolute atomic E-state index is 11.9. The highest BCUT2D eigenvalue weighted by atomic mass is 32.2. The van der Waals surface area contributed by atoms with Crippen molar-refractivity contribution in [3.63, 3.8) is 0 Å². The number of aromatic hydroxyl groups is 4. The number of hydrogen-bond donors (Lipinski definition) is 8. The maximum Gasteiger partial charge on any atom is 0.298 e. The molecule has 0 spiro atoms. The van der Waals surface area contributed by atoms with Gasteiger partial charge in [0.05, 0.1) is 9.79 Å². The van der Waals surface area contributed by atoms with Crippen LogP contribution in [0.2, 0.25) is 0 Å². The first-order chi connectivity index (χ1) is 26.4. The molecular weight excluding hydrogens is 837 g/mol. The van der Waals surface area contributed by atoms with E-state index in [-0.39, 0.29) is 39.3 Å². The van der Waals surface area contributed by atoms with Crippen molar-refractivity contribution in [2.24, 2.45) is 20.5 Å². The van der Waals surface area contributed by atoms with Crippen LogP contribution in [0.4, 0.5) is 22.7 Å². The number of phenolic OH excluding ortho intramolecular Hbond substituents is 4. The number of hydrogen-bond acceptors (Lipinski definition) is 16. The minimum atomic E-state index is -5.07. The van der Waals surface area contributed by atoms with Gasteiger partial charge in [0, 0.05) is 10.8 Å². The minimum Gasteiger partial charge on any atom is -0.506 e. The number of azo groups is 2. The summed E-state index contributed by atoms with van der Waals surface area (Å²) >= 11 is 0. The molecule has 0 amide bonds. The van der Waals surface area contributed by atoms with E-state index in [1.54, 1.807) is 0 Å². The van der Waals surface area contributed by atoms with E-state index in [4.69, 9.17) is 0 Å². The Morgan fingerprint density at radius 3 is 1.11 bits per heavy atom. The SMILES string of the molecule is O=S(=O)(O)c1ccc2c(N=Nc3ccc(Cc4ccc(N=Nc5c(O)c(S(=O)(=O)O)cc6cc(S(=O)(=O)O)ccc56)c(O)c4)cc3O)c(O)c(S(=O)(=O)O)cc2c1. The van der Waals surface area contributed by atoms with Crippen LogP contribution in [0, 0.1) is 0 Å². The Morgan fingerprint density at radius 1 is 0.421 bits per heavy atom. The maximum atomic E-state index is 11.9. The lowest BCUT2D eigenvalue weighted by Crippen LogP contribution is -2.00. The molecule has 0 aliphatic heterocycles. The molecule has 8 N–H and O–H groups in total. The fraction of sp³-hybridized carbons (Fsp3) is 0.0303. The molecule has 0 radical (unpaired) electrons. The molecule has 24 heteroatoms. The first-order valence-corrected chi connectivity index (χ1v) is 21.1. The van der Waals surface area contributed by atoms with E-state index < -0.39 is 94.4 Å². The van der Waals surface area contributed by atoms with Gasteiger partial charge in [-0.3, -0.25) is 18.2 Å². The Balaban J connectivity index is 1.28. The standard InChI is InChI=1S/C33H24N4O16S4/c38-26-10-16(1-7-24(26)34-36-30-22-5-3-20(54(42,43)44)12-18(22)14-28(32(30)40)56(48,49)50)9-17-2-8-25(27(39)11-17)35-37-31-23-6-4-21(55(45,46)47)13-19(23)15-29(33(31)41)57(51,52)53/h1-8,10-15,38-41H,9H2,(H,42,43,44)(H,45,46,47)(H,48,49,50)(H,51,52,53). The smallest absolute Gasteiger partial charge is 0.298 e. The zero-order valence-corrected chi connectivity index (χ0v) is 31.3. The van der Waals surface area contributed by atoms with Crippen molar-refractivity contribution < 1.29 is 72.3 Å². The van der Waals surface area contributed by atoms with Crippen molar-refractivity contribution in [2.45, 2.75) is 26.0 Å². The molecule has 0 atom stereocenters. The second kappa shape index (κ2) is 14.4. The van der Waals surface area contributed by atoms with Crippen molar-refractivity contribution in [3.05, 3.63) is 96.1 Å². The van der Waals surface area contributed by atoms with E-state index in [1.807, 2.05) is 0 Å². The number of rotatable bonds is 10. The van der Waals surface area contributed by atoms with Crippen molar-refractivity contribution in [3.8, 4) is 23.0 Å². The Labute approximate surface area is 321 Å². The van der Waals surface area contributed by atoms with E-state index >= 15 is 0 Å². The summed E-state index contributed by atoms with van der Waals surface area (Å²) in [5, 5.41) is 57.7. The molecular formula is C33H24N4O16S4. The largest absolute Gasteiger partial charge is 0.506 e. The van der Waals surface area contributed by atoms with Gasteiger partial charge in [0.15, 0.2) is 11.5 Å². The van der Waals surface area contributed by atoms with Crippen molar-refractivity contribution >= 4 is 84.8 Å². The molecule has 0 saturated heterocycles. The highest BCUT2D eigenvalue weighted by Gasteiger charge is 2.25. The fourth-order valence-corrected chi connectivity index (χ4v) is 7.81. The van der Waals surface area contributed by atoms with Gasteiger partial charge in [-0.15, -0.1) is 20.5 Å². The average Bonchev–Trinajstić information content (AvgIpc) is 3.09. The molecule has 0 saturated carbocycles. The fourth-order valence-electron chi connectivity index (χ4n) is 5.55. The Kier molecular flexibility index (Phi) is 10.3. The molecule has 0 unspecified atom stereocenters. The number of phenols is 4. The molecule has 20 nitrogen and oxygen atoms in total. The Morgan fingerprint density at radius 2 is 0.789 bits per heavy atom. The normalized spacial score (nSPS) is 13.0. The summed E-state index contributed by atoms with van der Waals surface area (Å²) in [6.45, 7) is 0. The molecule has 0 aliphatic rings. The van der Waals surface area contributed by atoms with Gasteiger partial charge in [-0.25, -0.2) is 0 Å². The van der Waals surface area contributed by atoms with Gasteiger partial charge in [0.2, 0.25) is 0 Å². The van der Waals surface area contributed by atoms with Gasteiger partial charge < -0.3 is 20.4 Å². The van der Waals surface area contributed by atoms with Gasteiger partial charge in [-0.2, -0.15) is 33.7 Å². The number of benzene rings is 6. The summed E-state index contributed by atoms with van der Waals surface area (Å²) in [5.74, 6) is -2.98. The zero-order valence-electron chi connectivity index (χ0n) is 28.1. The van der Waals surface area contributed by atoms with Crippen LogP contribution in [0.25, 0.3) is 21.5 Å². The molecule has 6 aromatic rings. The lowest BCUT2D eigenvalue weighted by molar-refractivity contribution is 0.443. The molecule has 0 aliphatic carbocycles. The molecule has 6 rings (SSSR count). The Bertz CT molecular complexity index is 2990. The quantitative estimate of drug-likeness (QED) is 0.0559. The van der Waals surface area contributed by atoms with Crippen LogP contribution < -0.4 is 0 Å². The van der Waals surface area contributed by atoms with E-state index in [0.29, 0.717) is 11.1 Å². The molecule has 0 heterocycles. The summed E-state index contributed by atoms with van der Waals surface area (Å²) in [6.07, 6.45) is 0.0891. The summed E-state index contributed by atoms with van der Waals surface area (Å²) in [6, 6.07) is 15.5. The topological polar surface area (TPSA) is 348 Å². The minimum absolute atomic E-state index is 0.0407. The third-order valence-electron chi connectivity index (χ3n) is 8.20. The number of nitrogens with zero attached hydrogens (tertiary/aromatic N) is 4. The molecule has 0 bridgehead atoms. The van der Waals surface area contributed by atoms with Crippen molar-refractivity contribution in [1.29, 1.82) is 0 Å². The lowest BCUT2D eigenvalue weighted by atomic mass is 10.0. The summed E-state index contributed by atoms with van der Waals surface area (Å²) in [7, 11) is -19.6. The van der Waals surface area contributed by atoms with Gasteiger partial charge in [0.25, 0.3) is 40.5 Å². The van der Waals surface area contributed by atoms with Gasteiger partial charge in [-0.1, -0.05) is 24.3 Å². The van der Waals surface area contributed by atoms with Gasteiger partial charge in [0.1, 0.15) is 44.0 Å². The summed E-state index contributed by atoms with van der Waals surface area (Å²) in [4.78, 5) is -3.32. The molecule has 6 aromatic carbocycles. The Hall–Kier alpha value is -6.12. The monoisotopic (exact) mass is 860 g/mol. The molecule has 57 heavy (non-hydrogen) atoms. The van der Waals surface area contributed by atoms with Crippen molar-refractivity contribution in [2.75, 3.05) is 0 Å². The summed E-state index contributed by atoms with van der Waals surface area (Å²) in [5.41, 5.74) is -0.498. The van der Waals surface area contributed by atoms with Gasteiger partial charge >= 0.3 is 0 Å². The predicted molar refractivity (Wildman–Crippen MR) is 198 cm³/mol. The van der Waals surface area contributed by atoms with Crippen LogP contribution in [0.15, 0.2) is 125 Å². The van der Waals surface area contributed by atoms with Gasteiger partial charge in [-0.05, 0) is 89.0 Å². The van der Waals surface area contributed by atoms with Crippen LogP contribution >= 0.6 is 0 Å². The molecule has 0 fully saturated rings. The van der Waals surface area contributed by atoms with Crippen molar-refractivity contribution in [1.82, 2.24) is 0 Å². The van der Waals surface area contributed by atoms with E-state index in [1.165, 1.54) is 36.4 Å². The predicted octanol–water partition coefficient (Wildman–Crippen LogP) is 6.22.